The van der Waals surface area contributed by atoms with Crippen molar-refractivity contribution in [3.8, 4) is 0 Å². The standard InChI is InChI=1S/C13H16N4O/c14-12(18)2-1-6-17-11-4-3-9-8-16-7-5-10(9)13(11)15/h3-5,7-8,17H,1-2,6,15H2,(H2,14,18). The quantitative estimate of drug-likeness (QED) is 0.548. The Morgan fingerprint density at radius 1 is 1.33 bits per heavy atom. The van der Waals surface area contributed by atoms with Gasteiger partial charge in [-0.3, -0.25) is 9.78 Å². The molecule has 0 atom stereocenters. The lowest BCUT2D eigenvalue weighted by Crippen LogP contribution is -2.13. The average molecular weight is 244 g/mol. The monoisotopic (exact) mass is 244 g/mol. The van der Waals surface area contributed by atoms with Crippen molar-refractivity contribution in [1.29, 1.82) is 0 Å². The van der Waals surface area contributed by atoms with Gasteiger partial charge in [-0.1, -0.05) is 6.07 Å². The first-order chi connectivity index (χ1) is 8.68. The predicted octanol–water partition coefficient (Wildman–Crippen LogP) is 1.49. The Hall–Kier alpha value is -2.30. The molecule has 2 rings (SSSR count). The maximum Gasteiger partial charge on any atom is 0.217 e. The summed E-state index contributed by atoms with van der Waals surface area (Å²) in [5, 5.41) is 5.20. The lowest BCUT2D eigenvalue weighted by atomic mass is 10.1. The van der Waals surface area contributed by atoms with Crippen LogP contribution in [0.2, 0.25) is 0 Å². The first-order valence-corrected chi connectivity index (χ1v) is 5.83. The van der Waals surface area contributed by atoms with Gasteiger partial charge in [0.05, 0.1) is 11.4 Å². The van der Waals surface area contributed by atoms with E-state index in [0.29, 0.717) is 25.1 Å². The Labute approximate surface area is 105 Å². The normalized spacial score (nSPS) is 10.4. The largest absolute Gasteiger partial charge is 0.397 e. The van der Waals surface area contributed by atoms with Crippen molar-refractivity contribution in [2.75, 3.05) is 17.6 Å². The van der Waals surface area contributed by atoms with Gasteiger partial charge >= 0.3 is 0 Å². The van der Waals surface area contributed by atoms with Crippen LogP contribution in [0.4, 0.5) is 11.4 Å². The van der Waals surface area contributed by atoms with E-state index in [1.54, 1.807) is 12.4 Å². The van der Waals surface area contributed by atoms with Crippen LogP contribution in [0.5, 0.6) is 0 Å². The minimum atomic E-state index is -0.283. The molecule has 94 valence electrons. The van der Waals surface area contributed by atoms with E-state index in [9.17, 15) is 4.79 Å². The fourth-order valence-electron chi connectivity index (χ4n) is 1.83. The van der Waals surface area contributed by atoms with E-state index in [2.05, 4.69) is 10.3 Å². The summed E-state index contributed by atoms with van der Waals surface area (Å²) in [5.74, 6) is -0.283. The number of nitrogens with one attached hydrogen (secondary N) is 1. The van der Waals surface area contributed by atoms with Crippen molar-refractivity contribution < 1.29 is 4.79 Å². The highest BCUT2D eigenvalue weighted by molar-refractivity contribution is 5.98. The molecule has 18 heavy (non-hydrogen) atoms. The van der Waals surface area contributed by atoms with E-state index in [1.165, 1.54) is 0 Å². The molecule has 1 aromatic carbocycles. The Kier molecular flexibility index (Phi) is 3.62. The van der Waals surface area contributed by atoms with Gasteiger partial charge < -0.3 is 16.8 Å². The molecule has 0 spiro atoms. The van der Waals surface area contributed by atoms with Crippen LogP contribution < -0.4 is 16.8 Å². The van der Waals surface area contributed by atoms with Crippen LogP contribution in [0.3, 0.4) is 0 Å². The second-order valence-electron chi connectivity index (χ2n) is 4.12. The molecule has 0 fully saturated rings. The first kappa shape index (κ1) is 12.2. The van der Waals surface area contributed by atoms with Crippen LogP contribution in [0.1, 0.15) is 12.8 Å². The first-order valence-electron chi connectivity index (χ1n) is 5.83. The second-order valence-corrected chi connectivity index (χ2v) is 4.12. The summed E-state index contributed by atoms with van der Waals surface area (Å²) in [7, 11) is 0. The summed E-state index contributed by atoms with van der Waals surface area (Å²) < 4.78 is 0. The van der Waals surface area contributed by atoms with Gasteiger partial charge in [-0.2, -0.15) is 0 Å². The molecule has 0 saturated heterocycles. The van der Waals surface area contributed by atoms with E-state index in [-0.39, 0.29) is 5.91 Å². The van der Waals surface area contributed by atoms with Gasteiger partial charge in [-0.15, -0.1) is 0 Å². The number of hydrogen-bond acceptors (Lipinski definition) is 4. The number of rotatable bonds is 5. The predicted molar refractivity (Wildman–Crippen MR) is 73.1 cm³/mol. The molecule has 1 amide bonds. The number of hydrogen-bond donors (Lipinski definition) is 3. The Balaban J connectivity index is 2.09. The summed E-state index contributed by atoms with van der Waals surface area (Å²) in [4.78, 5) is 14.7. The fraction of sp³-hybridized carbons (Fsp3) is 0.231. The van der Waals surface area contributed by atoms with Crippen molar-refractivity contribution in [2.24, 2.45) is 5.73 Å². The third kappa shape index (κ3) is 2.68. The van der Waals surface area contributed by atoms with Crippen LogP contribution in [-0.2, 0) is 4.79 Å². The number of aromatic nitrogens is 1. The van der Waals surface area contributed by atoms with Gasteiger partial charge in [0.2, 0.25) is 5.91 Å². The number of benzene rings is 1. The minimum absolute atomic E-state index is 0.283. The lowest BCUT2D eigenvalue weighted by Gasteiger charge is -2.11. The van der Waals surface area contributed by atoms with Crippen molar-refractivity contribution in [3.63, 3.8) is 0 Å². The zero-order valence-electron chi connectivity index (χ0n) is 10.0. The van der Waals surface area contributed by atoms with E-state index in [0.717, 1.165) is 16.5 Å². The highest BCUT2D eigenvalue weighted by Crippen LogP contribution is 2.27. The molecule has 1 heterocycles. The Morgan fingerprint density at radius 3 is 2.94 bits per heavy atom. The number of carbonyl (C=O) groups is 1. The van der Waals surface area contributed by atoms with Crippen LogP contribution in [0.15, 0.2) is 30.6 Å². The number of carbonyl (C=O) groups excluding carboxylic acids is 1. The fourth-order valence-corrected chi connectivity index (χ4v) is 1.83. The van der Waals surface area contributed by atoms with Gasteiger partial charge in [0.15, 0.2) is 0 Å². The van der Waals surface area contributed by atoms with E-state index >= 15 is 0 Å². The van der Waals surface area contributed by atoms with Gasteiger partial charge in [0, 0.05) is 36.1 Å². The Morgan fingerprint density at radius 2 is 2.17 bits per heavy atom. The Bertz CT molecular complexity index is 568. The van der Waals surface area contributed by atoms with E-state index in [4.69, 9.17) is 11.5 Å². The van der Waals surface area contributed by atoms with E-state index in [1.807, 2.05) is 18.2 Å². The summed E-state index contributed by atoms with van der Waals surface area (Å²) in [6.45, 7) is 0.670. The second kappa shape index (κ2) is 5.35. The number of anilines is 2. The van der Waals surface area contributed by atoms with Crippen molar-refractivity contribution in [1.82, 2.24) is 4.98 Å². The minimum Gasteiger partial charge on any atom is -0.397 e. The smallest absolute Gasteiger partial charge is 0.217 e. The van der Waals surface area contributed by atoms with Crippen molar-refractivity contribution >= 4 is 28.1 Å². The SMILES string of the molecule is NC(=O)CCCNc1ccc2cnccc2c1N. The third-order valence-electron chi connectivity index (χ3n) is 2.78. The number of nitrogens with two attached hydrogens (primary N) is 2. The molecule has 5 heteroatoms. The highest BCUT2D eigenvalue weighted by Gasteiger charge is 2.03. The molecule has 0 saturated carbocycles. The third-order valence-corrected chi connectivity index (χ3v) is 2.78. The molecule has 0 bridgehead atoms. The number of nitrogen functional groups attached to an aromatic ring is 1. The lowest BCUT2D eigenvalue weighted by molar-refractivity contribution is -0.118. The van der Waals surface area contributed by atoms with E-state index < -0.39 is 0 Å². The molecule has 0 aliphatic rings. The number of fused-ring (bicyclic) bond motifs is 1. The summed E-state index contributed by atoms with van der Waals surface area (Å²) >= 11 is 0. The summed E-state index contributed by atoms with van der Waals surface area (Å²) in [6, 6.07) is 5.78. The highest BCUT2D eigenvalue weighted by atomic mass is 16.1. The van der Waals surface area contributed by atoms with Gasteiger partial charge in [-0.25, -0.2) is 0 Å². The van der Waals surface area contributed by atoms with Gasteiger partial charge in [0.25, 0.3) is 0 Å². The van der Waals surface area contributed by atoms with Crippen LogP contribution in [0.25, 0.3) is 10.8 Å². The molecule has 5 N–H and O–H groups in total. The number of nitrogens with zero attached hydrogens (tertiary/aromatic N) is 1. The zero-order valence-corrected chi connectivity index (χ0v) is 10.0. The number of pyridine rings is 1. The van der Waals surface area contributed by atoms with Crippen LogP contribution >= 0.6 is 0 Å². The number of amides is 1. The van der Waals surface area contributed by atoms with Crippen LogP contribution in [-0.4, -0.2) is 17.4 Å². The molecule has 0 aliphatic heterocycles. The van der Waals surface area contributed by atoms with Gasteiger partial charge in [-0.05, 0) is 18.6 Å². The molecule has 1 aromatic heterocycles. The molecule has 0 radical (unpaired) electrons. The topological polar surface area (TPSA) is 94.0 Å². The number of primary amides is 1. The van der Waals surface area contributed by atoms with Crippen molar-refractivity contribution in [3.05, 3.63) is 30.6 Å². The van der Waals surface area contributed by atoms with Gasteiger partial charge in [0.1, 0.15) is 0 Å². The maximum atomic E-state index is 10.6. The average Bonchev–Trinajstić information content (AvgIpc) is 2.37. The maximum absolute atomic E-state index is 10.6. The zero-order chi connectivity index (χ0) is 13.0. The van der Waals surface area contributed by atoms with Crippen molar-refractivity contribution in [2.45, 2.75) is 12.8 Å². The molecular formula is C13H16N4O. The molecular weight excluding hydrogens is 228 g/mol. The summed E-state index contributed by atoms with van der Waals surface area (Å²) in [5.41, 5.74) is 12.7. The molecule has 0 aliphatic carbocycles. The molecule has 0 unspecified atom stereocenters. The molecule has 2 aromatic rings. The van der Waals surface area contributed by atoms with Crippen LogP contribution in [0, 0.1) is 0 Å². The molecule has 5 nitrogen and oxygen atoms in total. The summed E-state index contributed by atoms with van der Waals surface area (Å²) in [6.07, 6.45) is 4.58.